The van der Waals surface area contributed by atoms with Crippen LogP contribution >= 0.6 is 46.2 Å². The van der Waals surface area contributed by atoms with Gasteiger partial charge in [-0.1, -0.05) is 29.6 Å². The van der Waals surface area contributed by atoms with Crippen LogP contribution in [0.4, 0.5) is 0 Å². The van der Waals surface area contributed by atoms with Crippen molar-refractivity contribution in [3.8, 4) is 0 Å². The zero-order valence-corrected chi connectivity index (χ0v) is 9.09. The van der Waals surface area contributed by atoms with Gasteiger partial charge in [-0.15, -0.1) is 23.5 Å². The SMILES string of the molecule is C[C@H]1CSc2sc(=O)sc2S1. The van der Waals surface area contributed by atoms with E-state index in [4.69, 9.17) is 0 Å². The monoisotopic (exact) mass is 222 g/mol. The van der Waals surface area contributed by atoms with E-state index in [2.05, 4.69) is 6.92 Å². The van der Waals surface area contributed by atoms with E-state index in [-0.39, 0.29) is 4.06 Å². The fourth-order valence-corrected chi connectivity index (χ4v) is 6.44. The van der Waals surface area contributed by atoms with Crippen LogP contribution in [0.25, 0.3) is 0 Å². The first-order valence-electron chi connectivity index (χ1n) is 3.19. The number of rotatable bonds is 0. The molecule has 1 nitrogen and oxygen atoms in total. The van der Waals surface area contributed by atoms with Crippen molar-refractivity contribution in [2.24, 2.45) is 0 Å². The Balaban J connectivity index is 2.41. The quantitative estimate of drug-likeness (QED) is 0.672. The molecule has 0 radical (unpaired) electrons. The van der Waals surface area contributed by atoms with Gasteiger partial charge >= 0.3 is 0 Å². The maximum absolute atomic E-state index is 11.0. The van der Waals surface area contributed by atoms with E-state index in [1.165, 1.54) is 31.1 Å². The summed E-state index contributed by atoms with van der Waals surface area (Å²) >= 11 is 6.46. The van der Waals surface area contributed by atoms with Gasteiger partial charge in [0.25, 0.3) is 4.06 Å². The van der Waals surface area contributed by atoms with E-state index in [9.17, 15) is 4.79 Å². The molecule has 0 bridgehead atoms. The van der Waals surface area contributed by atoms with E-state index < -0.39 is 0 Å². The highest BCUT2D eigenvalue weighted by Gasteiger charge is 2.19. The van der Waals surface area contributed by atoms with E-state index in [0.717, 1.165) is 5.75 Å². The van der Waals surface area contributed by atoms with Crippen molar-refractivity contribution in [3.63, 3.8) is 0 Å². The Morgan fingerprint density at radius 3 is 2.91 bits per heavy atom. The smallest absolute Gasteiger partial charge is 0.265 e. The van der Waals surface area contributed by atoms with Crippen molar-refractivity contribution >= 4 is 46.2 Å². The average Bonchev–Trinajstić information content (AvgIpc) is 2.27. The highest BCUT2D eigenvalue weighted by molar-refractivity contribution is 8.08. The molecule has 0 unspecified atom stereocenters. The maximum atomic E-state index is 11.0. The van der Waals surface area contributed by atoms with Gasteiger partial charge in [-0.05, 0) is 0 Å². The molecule has 2 heterocycles. The van der Waals surface area contributed by atoms with Crippen molar-refractivity contribution in [2.45, 2.75) is 20.6 Å². The van der Waals surface area contributed by atoms with Gasteiger partial charge in [-0.25, -0.2) is 0 Å². The molecule has 0 saturated heterocycles. The van der Waals surface area contributed by atoms with Crippen LogP contribution in [0.2, 0.25) is 0 Å². The fraction of sp³-hybridized carbons (Fsp3) is 0.500. The van der Waals surface area contributed by atoms with Crippen LogP contribution in [0, 0.1) is 0 Å². The molecule has 11 heavy (non-hydrogen) atoms. The molecule has 0 saturated carbocycles. The highest BCUT2D eigenvalue weighted by Crippen LogP contribution is 2.44. The summed E-state index contributed by atoms with van der Waals surface area (Å²) in [7, 11) is 0. The predicted molar refractivity (Wildman–Crippen MR) is 54.5 cm³/mol. The van der Waals surface area contributed by atoms with Gasteiger partial charge in [0.2, 0.25) is 0 Å². The van der Waals surface area contributed by atoms with Gasteiger partial charge in [0, 0.05) is 11.0 Å². The molecular formula is C6H6OS4. The lowest BCUT2D eigenvalue weighted by atomic mass is 10.6. The van der Waals surface area contributed by atoms with Gasteiger partial charge in [0.15, 0.2) is 0 Å². The van der Waals surface area contributed by atoms with Gasteiger partial charge in [-0.2, -0.15) is 0 Å². The first-order chi connectivity index (χ1) is 5.25. The second-order valence-corrected chi connectivity index (χ2v) is 7.49. The van der Waals surface area contributed by atoms with Crippen LogP contribution in [0.5, 0.6) is 0 Å². The molecule has 60 valence electrons. The molecule has 0 fully saturated rings. The minimum absolute atomic E-state index is 0.240. The van der Waals surface area contributed by atoms with Crippen molar-refractivity contribution in [1.29, 1.82) is 0 Å². The first kappa shape index (κ1) is 8.16. The van der Waals surface area contributed by atoms with Crippen LogP contribution in [0.1, 0.15) is 6.92 Å². The Hall–Kier alpha value is 0.550. The number of hydrogen-bond donors (Lipinski definition) is 0. The van der Waals surface area contributed by atoms with E-state index in [0.29, 0.717) is 5.25 Å². The van der Waals surface area contributed by atoms with Crippen LogP contribution in [0.3, 0.4) is 0 Å². The van der Waals surface area contributed by atoms with Crippen molar-refractivity contribution in [3.05, 3.63) is 8.85 Å². The molecule has 5 heteroatoms. The van der Waals surface area contributed by atoms with Crippen LogP contribution in [0.15, 0.2) is 13.2 Å². The van der Waals surface area contributed by atoms with Crippen molar-refractivity contribution < 1.29 is 0 Å². The third kappa shape index (κ3) is 1.66. The van der Waals surface area contributed by atoms with Crippen molar-refractivity contribution in [1.82, 2.24) is 0 Å². The van der Waals surface area contributed by atoms with Crippen LogP contribution in [-0.2, 0) is 0 Å². The Bertz CT molecular complexity index is 313. The Morgan fingerprint density at radius 1 is 1.36 bits per heavy atom. The topological polar surface area (TPSA) is 17.1 Å². The third-order valence-corrected chi connectivity index (χ3v) is 6.88. The Labute approximate surface area is 81.2 Å². The normalized spacial score (nSPS) is 23.2. The lowest BCUT2D eigenvalue weighted by molar-refractivity contribution is 1.11. The minimum atomic E-state index is 0.240. The summed E-state index contributed by atoms with van der Waals surface area (Å²) in [4.78, 5) is 11.0. The van der Waals surface area contributed by atoms with Gasteiger partial charge in [-0.3, -0.25) is 4.79 Å². The number of hydrogen-bond acceptors (Lipinski definition) is 5. The van der Waals surface area contributed by atoms with E-state index in [1.54, 1.807) is 0 Å². The highest BCUT2D eigenvalue weighted by atomic mass is 32.2. The lowest BCUT2D eigenvalue weighted by Crippen LogP contribution is -2.02. The second-order valence-electron chi connectivity index (χ2n) is 2.27. The van der Waals surface area contributed by atoms with Gasteiger partial charge < -0.3 is 0 Å². The fourth-order valence-electron chi connectivity index (χ4n) is 0.826. The maximum Gasteiger partial charge on any atom is 0.289 e. The molecule has 2 rings (SSSR count). The molecule has 1 aliphatic heterocycles. The molecular weight excluding hydrogens is 216 g/mol. The molecule has 0 aromatic carbocycles. The molecule has 0 spiro atoms. The summed E-state index contributed by atoms with van der Waals surface area (Å²) in [5.41, 5.74) is 0. The summed E-state index contributed by atoms with van der Waals surface area (Å²) < 4.78 is 2.72. The van der Waals surface area contributed by atoms with Crippen molar-refractivity contribution in [2.75, 3.05) is 5.75 Å². The molecule has 0 amide bonds. The first-order valence-corrected chi connectivity index (χ1v) is 6.69. The third-order valence-electron chi connectivity index (χ3n) is 1.28. The molecule has 1 aliphatic rings. The van der Waals surface area contributed by atoms with E-state index >= 15 is 0 Å². The molecule has 0 N–H and O–H groups in total. The Kier molecular flexibility index (Phi) is 2.32. The van der Waals surface area contributed by atoms with E-state index in [1.807, 2.05) is 23.5 Å². The molecule has 1 atom stereocenters. The summed E-state index contributed by atoms with van der Waals surface area (Å²) in [5, 5.41) is 0.665. The molecule has 1 aromatic heterocycles. The van der Waals surface area contributed by atoms with Crippen LogP contribution in [-0.4, -0.2) is 11.0 Å². The zero-order valence-electron chi connectivity index (χ0n) is 5.83. The van der Waals surface area contributed by atoms with Gasteiger partial charge in [0.05, 0.1) is 8.42 Å². The summed E-state index contributed by atoms with van der Waals surface area (Å²) in [6, 6.07) is 0. The standard InChI is InChI=1S/C6H6OS4/c1-3-2-8-4-5(9-3)11-6(7)10-4/h3H,2H2,1H3/t3-/m0/s1. The minimum Gasteiger partial charge on any atom is -0.265 e. The Morgan fingerprint density at radius 2 is 2.09 bits per heavy atom. The molecule has 0 aliphatic carbocycles. The largest absolute Gasteiger partial charge is 0.289 e. The summed E-state index contributed by atoms with van der Waals surface area (Å²) in [6.07, 6.45) is 0. The lowest BCUT2D eigenvalue weighted by Gasteiger charge is -2.14. The number of thioether (sulfide) groups is 2. The summed E-state index contributed by atoms with van der Waals surface area (Å²) in [5.74, 6) is 1.14. The average molecular weight is 222 g/mol. The van der Waals surface area contributed by atoms with Crippen LogP contribution < -0.4 is 4.06 Å². The molecule has 1 aromatic rings. The van der Waals surface area contributed by atoms with Gasteiger partial charge in [0.1, 0.15) is 0 Å². The number of fused-ring (bicyclic) bond motifs is 1. The second kappa shape index (κ2) is 3.12. The predicted octanol–water partition coefficient (Wildman–Crippen LogP) is 2.76. The summed E-state index contributed by atoms with van der Waals surface area (Å²) in [6.45, 7) is 2.20. The zero-order chi connectivity index (χ0) is 7.84.